The molecular weight excluding hydrogens is 298 g/mol. The van der Waals surface area contributed by atoms with Crippen molar-refractivity contribution in [3.8, 4) is 11.3 Å². The van der Waals surface area contributed by atoms with Crippen LogP contribution in [-0.4, -0.2) is 35.6 Å². The molecule has 2 saturated heterocycles. The largest absolute Gasteiger partial charge is 0.368 e. The van der Waals surface area contributed by atoms with Gasteiger partial charge in [-0.25, -0.2) is 4.98 Å². The molecule has 5 heteroatoms. The van der Waals surface area contributed by atoms with Gasteiger partial charge < -0.3 is 16.0 Å². The van der Waals surface area contributed by atoms with Gasteiger partial charge in [0.15, 0.2) is 0 Å². The summed E-state index contributed by atoms with van der Waals surface area (Å²) in [7, 11) is 0. The lowest BCUT2D eigenvalue weighted by Gasteiger charge is -2.24. The number of nitrogens with one attached hydrogen (secondary N) is 1. The maximum atomic E-state index is 6.05. The number of nitrogens with two attached hydrogens (primary N) is 1. The van der Waals surface area contributed by atoms with Crippen molar-refractivity contribution in [2.75, 3.05) is 30.3 Å². The van der Waals surface area contributed by atoms with Crippen molar-refractivity contribution >= 4 is 11.8 Å². The van der Waals surface area contributed by atoms with Crippen LogP contribution in [0.1, 0.15) is 24.0 Å². The van der Waals surface area contributed by atoms with Crippen molar-refractivity contribution in [2.45, 2.75) is 32.7 Å². The van der Waals surface area contributed by atoms with Crippen molar-refractivity contribution in [3.63, 3.8) is 0 Å². The number of nitrogen functional groups attached to an aromatic ring is 1. The van der Waals surface area contributed by atoms with Gasteiger partial charge in [-0.3, -0.25) is 0 Å². The summed E-state index contributed by atoms with van der Waals surface area (Å²) in [4.78, 5) is 11.5. The molecule has 2 fully saturated rings. The van der Waals surface area contributed by atoms with E-state index in [-0.39, 0.29) is 0 Å². The Kier molecular flexibility index (Phi) is 3.88. The second kappa shape index (κ2) is 6.06. The molecule has 0 aliphatic carbocycles. The molecule has 0 amide bonds. The average molecular weight is 323 g/mol. The van der Waals surface area contributed by atoms with E-state index in [4.69, 9.17) is 5.73 Å². The zero-order chi connectivity index (χ0) is 16.7. The fourth-order valence-corrected chi connectivity index (χ4v) is 4.12. The van der Waals surface area contributed by atoms with Crippen molar-refractivity contribution in [1.82, 2.24) is 15.3 Å². The molecule has 2 aliphatic rings. The number of piperidine rings is 1. The molecule has 0 bridgehead atoms. The van der Waals surface area contributed by atoms with Gasteiger partial charge >= 0.3 is 0 Å². The highest BCUT2D eigenvalue weighted by atomic mass is 15.3. The van der Waals surface area contributed by atoms with Crippen LogP contribution in [0.3, 0.4) is 0 Å². The number of fused-ring (bicyclic) bond motifs is 1. The molecule has 2 aliphatic heterocycles. The second-order valence-corrected chi connectivity index (χ2v) is 7.12. The third-order valence-corrected chi connectivity index (χ3v) is 5.33. The Morgan fingerprint density at radius 2 is 2.08 bits per heavy atom. The minimum absolute atomic E-state index is 0.356. The lowest BCUT2D eigenvalue weighted by Crippen LogP contribution is -2.40. The average Bonchev–Trinajstić information content (AvgIpc) is 3.00. The molecule has 0 radical (unpaired) electrons. The Hall–Kier alpha value is -2.14. The van der Waals surface area contributed by atoms with Gasteiger partial charge in [-0.1, -0.05) is 23.8 Å². The first-order valence-electron chi connectivity index (χ1n) is 8.81. The SMILES string of the molecule is Cc1cccc(-c2nc(N)nc(N3CC4CCCNC4C3)c2C)c1. The van der Waals surface area contributed by atoms with Crippen LogP contribution in [0.4, 0.5) is 11.8 Å². The summed E-state index contributed by atoms with van der Waals surface area (Å²) in [6.07, 6.45) is 2.58. The van der Waals surface area contributed by atoms with Crippen LogP contribution in [0.25, 0.3) is 11.3 Å². The lowest BCUT2D eigenvalue weighted by atomic mass is 9.94. The maximum Gasteiger partial charge on any atom is 0.222 e. The normalized spacial score (nSPS) is 23.3. The van der Waals surface area contributed by atoms with E-state index in [2.05, 4.69) is 58.3 Å². The summed E-state index contributed by atoms with van der Waals surface area (Å²) >= 11 is 0. The molecule has 0 spiro atoms. The van der Waals surface area contributed by atoms with Gasteiger partial charge in [0, 0.05) is 30.3 Å². The van der Waals surface area contributed by atoms with Crippen molar-refractivity contribution in [2.24, 2.45) is 5.92 Å². The highest BCUT2D eigenvalue weighted by Crippen LogP contribution is 2.33. The number of benzene rings is 1. The molecule has 1 aromatic carbocycles. The van der Waals surface area contributed by atoms with Crippen LogP contribution >= 0.6 is 0 Å². The second-order valence-electron chi connectivity index (χ2n) is 7.12. The lowest BCUT2D eigenvalue weighted by molar-refractivity contribution is 0.340. The van der Waals surface area contributed by atoms with E-state index >= 15 is 0 Å². The molecule has 2 aromatic rings. The Labute approximate surface area is 143 Å². The minimum Gasteiger partial charge on any atom is -0.368 e. The molecule has 0 saturated carbocycles. The number of aromatic nitrogens is 2. The van der Waals surface area contributed by atoms with Crippen LogP contribution < -0.4 is 16.0 Å². The third kappa shape index (κ3) is 2.73. The monoisotopic (exact) mass is 323 g/mol. The topological polar surface area (TPSA) is 67.1 Å². The van der Waals surface area contributed by atoms with Gasteiger partial charge in [-0.05, 0) is 45.2 Å². The Morgan fingerprint density at radius 1 is 1.21 bits per heavy atom. The zero-order valence-electron chi connectivity index (χ0n) is 14.4. The predicted octanol–water partition coefficient (Wildman–Crippen LogP) is 2.53. The Bertz CT molecular complexity index is 743. The summed E-state index contributed by atoms with van der Waals surface area (Å²) in [5.41, 5.74) is 10.5. The first-order chi connectivity index (χ1) is 11.6. The van der Waals surface area contributed by atoms with Gasteiger partial charge in [-0.15, -0.1) is 0 Å². The van der Waals surface area contributed by atoms with Gasteiger partial charge in [0.05, 0.1) is 5.69 Å². The molecule has 3 N–H and O–H groups in total. The van der Waals surface area contributed by atoms with E-state index in [1.807, 2.05) is 0 Å². The smallest absolute Gasteiger partial charge is 0.222 e. The number of aryl methyl sites for hydroxylation is 1. The minimum atomic E-state index is 0.356. The first-order valence-corrected chi connectivity index (χ1v) is 8.81. The predicted molar refractivity (Wildman–Crippen MR) is 98.1 cm³/mol. The van der Waals surface area contributed by atoms with Crippen LogP contribution in [0.2, 0.25) is 0 Å². The number of anilines is 2. The summed E-state index contributed by atoms with van der Waals surface area (Å²) < 4.78 is 0. The number of rotatable bonds is 2. The molecule has 24 heavy (non-hydrogen) atoms. The van der Waals surface area contributed by atoms with Crippen LogP contribution in [0.5, 0.6) is 0 Å². The molecule has 2 atom stereocenters. The molecular formula is C19H25N5. The van der Waals surface area contributed by atoms with Gasteiger partial charge in [0.25, 0.3) is 0 Å². The van der Waals surface area contributed by atoms with Gasteiger partial charge in [0.1, 0.15) is 5.82 Å². The molecule has 4 rings (SSSR count). The third-order valence-electron chi connectivity index (χ3n) is 5.33. The fraction of sp³-hybridized carbons (Fsp3) is 0.474. The zero-order valence-corrected chi connectivity index (χ0v) is 14.4. The Morgan fingerprint density at radius 3 is 2.88 bits per heavy atom. The van der Waals surface area contributed by atoms with Crippen LogP contribution in [0, 0.1) is 19.8 Å². The standard InChI is InChI=1S/C19H25N5/c1-12-5-3-6-14(9-12)17-13(2)18(23-19(20)22-17)24-10-15-7-4-8-21-16(15)11-24/h3,5-6,9,15-16,21H,4,7-8,10-11H2,1-2H3,(H2,20,22,23). The summed E-state index contributed by atoms with van der Waals surface area (Å²) in [5.74, 6) is 2.07. The van der Waals surface area contributed by atoms with Gasteiger partial charge in [0.2, 0.25) is 5.95 Å². The molecule has 1 aromatic heterocycles. The van der Waals surface area contributed by atoms with E-state index in [1.165, 1.54) is 18.4 Å². The summed E-state index contributed by atoms with van der Waals surface area (Å²) in [6, 6.07) is 9.00. The first kappa shape index (κ1) is 15.4. The summed E-state index contributed by atoms with van der Waals surface area (Å²) in [5, 5.41) is 3.65. The van der Waals surface area contributed by atoms with Crippen LogP contribution in [-0.2, 0) is 0 Å². The van der Waals surface area contributed by atoms with E-state index < -0.39 is 0 Å². The maximum absolute atomic E-state index is 6.05. The van der Waals surface area contributed by atoms with Crippen molar-refractivity contribution in [3.05, 3.63) is 35.4 Å². The summed E-state index contributed by atoms with van der Waals surface area (Å²) in [6.45, 7) is 7.41. The Balaban J connectivity index is 1.72. The van der Waals surface area contributed by atoms with Crippen LogP contribution in [0.15, 0.2) is 24.3 Å². The number of nitrogens with zero attached hydrogens (tertiary/aromatic N) is 3. The highest BCUT2D eigenvalue weighted by molar-refractivity contribution is 5.70. The quantitative estimate of drug-likeness (QED) is 0.889. The number of hydrogen-bond donors (Lipinski definition) is 2. The molecule has 3 heterocycles. The van der Waals surface area contributed by atoms with E-state index in [0.717, 1.165) is 48.2 Å². The van der Waals surface area contributed by atoms with E-state index in [9.17, 15) is 0 Å². The molecule has 2 unspecified atom stereocenters. The van der Waals surface area contributed by atoms with E-state index in [1.54, 1.807) is 0 Å². The van der Waals surface area contributed by atoms with Gasteiger partial charge in [-0.2, -0.15) is 4.98 Å². The molecule has 5 nitrogen and oxygen atoms in total. The number of hydrogen-bond acceptors (Lipinski definition) is 5. The van der Waals surface area contributed by atoms with Crippen molar-refractivity contribution < 1.29 is 0 Å². The van der Waals surface area contributed by atoms with Crippen molar-refractivity contribution in [1.29, 1.82) is 0 Å². The van der Waals surface area contributed by atoms with E-state index in [0.29, 0.717) is 12.0 Å². The fourth-order valence-electron chi connectivity index (χ4n) is 4.12. The highest BCUT2D eigenvalue weighted by Gasteiger charge is 2.35. The molecule has 126 valence electrons.